The van der Waals surface area contributed by atoms with Crippen molar-refractivity contribution in [3.8, 4) is 0 Å². The zero-order valence-corrected chi connectivity index (χ0v) is 13.9. The first-order valence-corrected chi connectivity index (χ1v) is 5.44. The smallest absolute Gasteiger partial charge is 0.543 e. The van der Waals surface area contributed by atoms with Gasteiger partial charge in [-0.1, -0.05) is 0 Å². The van der Waals surface area contributed by atoms with Crippen LogP contribution in [0.4, 0.5) is 0 Å². The number of aromatic carboxylic acids is 1. The van der Waals surface area contributed by atoms with Gasteiger partial charge in [0.15, 0.2) is 6.29 Å². The summed E-state index contributed by atoms with van der Waals surface area (Å²) in [6.07, 6.45) is 3.11. The number of carbonyl (C=O) groups is 1. The molecule has 5 nitrogen and oxygen atoms in total. The maximum absolute atomic E-state index is 10.8. The molecule has 1 aromatic heterocycles. The molecule has 1 saturated carbocycles. The molecule has 1 aromatic rings. The number of carboxylic acids is 1. The van der Waals surface area contributed by atoms with Crippen LogP contribution in [0.3, 0.4) is 0 Å². The predicted octanol–water partition coefficient (Wildman–Crippen LogP) is -2.38. The number of hydrogen-bond acceptors (Lipinski definition) is 5. The minimum atomic E-state index is -1.26. The van der Waals surface area contributed by atoms with Crippen LogP contribution in [0.15, 0.2) is 12.3 Å². The molecular weight excluding hydrogens is 261 g/mol. The summed E-state index contributed by atoms with van der Waals surface area (Å²) in [5.41, 5.74) is 1.69. The molecule has 2 rings (SSSR count). The van der Waals surface area contributed by atoms with Crippen molar-refractivity contribution in [1.82, 2.24) is 4.98 Å². The summed E-state index contributed by atoms with van der Waals surface area (Å²) in [5.74, 6) is -0.872. The average Bonchev–Trinajstić information content (AvgIpc) is 3.14. The molecule has 6 heteroatoms. The van der Waals surface area contributed by atoms with Crippen molar-refractivity contribution in [2.45, 2.75) is 25.0 Å². The Morgan fingerprint density at radius 1 is 1.44 bits per heavy atom. The van der Waals surface area contributed by atoms with Crippen molar-refractivity contribution in [3.05, 3.63) is 29.1 Å². The van der Waals surface area contributed by atoms with Gasteiger partial charge in [-0.15, -0.1) is 0 Å². The topological polar surface area (TPSA) is 71.5 Å². The quantitative estimate of drug-likeness (QED) is 0.443. The van der Waals surface area contributed by atoms with Gasteiger partial charge in [0.2, 0.25) is 0 Å². The number of carboxylic acid groups (broad SMARTS) is 1. The Morgan fingerprint density at radius 3 is 2.50 bits per heavy atom. The molecule has 0 radical (unpaired) electrons. The van der Waals surface area contributed by atoms with Gasteiger partial charge in [0.25, 0.3) is 0 Å². The van der Waals surface area contributed by atoms with E-state index in [1.807, 2.05) is 0 Å². The molecule has 0 amide bonds. The number of pyridine rings is 1. The fourth-order valence-corrected chi connectivity index (χ4v) is 1.89. The Hall–Kier alpha value is 0.176. The third-order valence-corrected chi connectivity index (χ3v) is 2.88. The zero-order valence-electron chi connectivity index (χ0n) is 10.8. The van der Waals surface area contributed by atoms with Crippen LogP contribution in [-0.2, 0) is 9.47 Å². The third-order valence-electron chi connectivity index (χ3n) is 2.88. The van der Waals surface area contributed by atoms with Crippen molar-refractivity contribution in [3.63, 3.8) is 0 Å². The van der Waals surface area contributed by atoms with E-state index in [-0.39, 0.29) is 57.1 Å². The number of rotatable bonds is 5. The van der Waals surface area contributed by atoms with Crippen LogP contribution in [-0.4, -0.2) is 25.2 Å². The van der Waals surface area contributed by atoms with Crippen LogP contribution in [0, 0.1) is 0 Å². The van der Waals surface area contributed by atoms with Crippen LogP contribution in [0.2, 0.25) is 0 Å². The van der Waals surface area contributed by atoms with Gasteiger partial charge in [-0.25, -0.2) is 0 Å². The van der Waals surface area contributed by atoms with Crippen molar-refractivity contribution < 1.29 is 70.8 Å². The minimum absolute atomic E-state index is 0. The molecule has 0 aliphatic heterocycles. The van der Waals surface area contributed by atoms with Gasteiger partial charge in [0.1, 0.15) is 0 Å². The van der Waals surface area contributed by atoms with Gasteiger partial charge >= 0.3 is 51.4 Å². The monoisotopic (exact) mass is 275 g/mol. The molecule has 1 aliphatic carbocycles. The largest absolute Gasteiger partial charge is 1.00 e. The predicted molar refractivity (Wildman–Crippen MR) is 57.3 cm³/mol. The van der Waals surface area contributed by atoms with E-state index in [0.717, 1.165) is 24.0 Å². The molecule has 0 aromatic carbocycles. The maximum atomic E-state index is 10.8. The third kappa shape index (κ3) is 3.60. The summed E-state index contributed by atoms with van der Waals surface area (Å²) in [4.78, 5) is 14.6. The van der Waals surface area contributed by atoms with Crippen molar-refractivity contribution in [2.24, 2.45) is 0 Å². The molecule has 0 atom stereocenters. The Bertz CT molecular complexity index is 430. The van der Waals surface area contributed by atoms with Gasteiger partial charge in [0, 0.05) is 26.0 Å². The van der Waals surface area contributed by atoms with Crippen LogP contribution < -0.4 is 56.5 Å². The molecule has 1 heterocycles. The summed E-state index contributed by atoms with van der Waals surface area (Å²) in [6.45, 7) is 0. The van der Waals surface area contributed by atoms with E-state index in [4.69, 9.17) is 9.47 Å². The number of aromatic nitrogens is 1. The summed E-state index contributed by atoms with van der Waals surface area (Å²) in [6, 6.07) is 1.56. The SMILES string of the molecule is COC(OC)c1cnc(C(=O)[O-])cc1C1CC1.[K+]. The number of nitrogens with zero attached hydrogens (tertiary/aromatic N) is 1. The summed E-state index contributed by atoms with van der Waals surface area (Å²) in [5, 5.41) is 10.8. The standard InChI is InChI=1S/C12H15NO4.K/c1-16-12(17-2)9-6-13-10(11(14)15)5-8(9)7-3-4-7;/h5-7,12H,3-4H2,1-2H3,(H,14,15);/q;+1/p-1. The van der Waals surface area contributed by atoms with E-state index >= 15 is 0 Å². The number of hydrogen-bond donors (Lipinski definition) is 0. The van der Waals surface area contributed by atoms with Crippen molar-refractivity contribution >= 4 is 5.97 Å². The Morgan fingerprint density at radius 2 is 2.06 bits per heavy atom. The fourth-order valence-electron chi connectivity index (χ4n) is 1.89. The summed E-state index contributed by atoms with van der Waals surface area (Å²) >= 11 is 0. The van der Waals surface area contributed by atoms with E-state index in [1.165, 1.54) is 20.4 Å². The molecule has 92 valence electrons. The first-order chi connectivity index (χ1) is 8.17. The van der Waals surface area contributed by atoms with Crippen LogP contribution >= 0.6 is 0 Å². The Balaban J connectivity index is 0.00000162. The summed E-state index contributed by atoms with van der Waals surface area (Å²) in [7, 11) is 3.08. The molecule has 1 aliphatic rings. The van der Waals surface area contributed by atoms with Gasteiger partial charge < -0.3 is 19.4 Å². The van der Waals surface area contributed by atoms with E-state index in [2.05, 4.69) is 4.98 Å². The van der Waals surface area contributed by atoms with E-state index in [0.29, 0.717) is 5.92 Å². The second kappa shape index (κ2) is 7.09. The van der Waals surface area contributed by atoms with Crippen LogP contribution in [0.1, 0.15) is 46.7 Å². The van der Waals surface area contributed by atoms with Gasteiger partial charge in [-0.2, -0.15) is 0 Å². The molecular formula is C12H14KNO4. The molecule has 0 bridgehead atoms. The second-order valence-electron chi connectivity index (χ2n) is 4.06. The normalized spacial score (nSPS) is 14.4. The number of ether oxygens (including phenoxy) is 2. The van der Waals surface area contributed by atoms with E-state index in [9.17, 15) is 9.90 Å². The molecule has 0 unspecified atom stereocenters. The fraction of sp³-hybridized carbons (Fsp3) is 0.500. The van der Waals surface area contributed by atoms with Crippen LogP contribution in [0.25, 0.3) is 0 Å². The first kappa shape index (κ1) is 16.2. The summed E-state index contributed by atoms with van der Waals surface area (Å²) < 4.78 is 10.4. The van der Waals surface area contributed by atoms with E-state index in [1.54, 1.807) is 6.07 Å². The van der Waals surface area contributed by atoms with Crippen molar-refractivity contribution in [2.75, 3.05) is 14.2 Å². The molecule has 0 N–H and O–H groups in total. The Labute approximate surface area is 148 Å². The van der Waals surface area contributed by atoms with Crippen LogP contribution in [0.5, 0.6) is 0 Å². The molecule has 0 saturated heterocycles. The second-order valence-corrected chi connectivity index (χ2v) is 4.06. The number of carbonyl (C=O) groups excluding carboxylic acids is 1. The van der Waals surface area contributed by atoms with Gasteiger partial charge in [-0.3, -0.25) is 4.98 Å². The first-order valence-electron chi connectivity index (χ1n) is 5.44. The average molecular weight is 275 g/mol. The number of methoxy groups -OCH3 is 2. The molecule has 18 heavy (non-hydrogen) atoms. The zero-order chi connectivity index (χ0) is 12.4. The van der Waals surface area contributed by atoms with E-state index < -0.39 is 12.3 Å². The van der Waals surface area contributed by atoms with Gasteiger partial charge in [0.05, 0.1) is 11.7 Å². The molecule has 0 spiro atoms. The minimum Gasteiger partial charge on any atom is -0.543 e. The maximum Gasteiger partial charge on any atom is 1.00 e. The van der Waals surface area contributed by atoms with Crippen molar-refractivity contribution in [1.29, 1.82) is 0 Å². The molecule has 1 fully saturated rings. The Kier molecular flexibility index (Phi) is 6.39. The van der Waals surface area contributed by atoms with Gasteiger partial charge in [-0.05, 0) is 30.4 Å².